The summed E-state index contributed by atoms with van der Waals surface area (Å²) >= 11 is 1.19. The summed E-state index contributed by atoms with van der Waals surface area (Å²) in [6, 6.07) is 1.80. The van der Waals surface area contributed by atoms with Crippen LogP contribution in [0.25, 0.3) is 10.8 Å². The molecule has 0 aliphatic heterocycles. The molecule has 2 aromatic rings. The van der Waals surface area contributed by atoms with Crippen LogP contribution in [0.15, 0.2) is 30.6 Å². The monoisotopic (exact) mass is 332 g/mol. The molecule has 0 radical (unpaired) electrons. The van der Waals surface area contributed by atoms with Gasteiger partial charge in [0.25, 0.3) is 5.91 Å². The third-order valence-corrected chi connectivity index (χ3v) is 3.64. The molecule has 0 bridgehead atoms. The van der Waals surface area contributed by atoms with Gasteiger partial charge in [0.05, 0.1) is 6.20 Å². The lowest BCUT2D eigenvalue weighted by atomic mass is 10.2. The molecule has 23 heavy (non-hydrogen) atoms. The Morgan fingerprint density at radius 3 is 2.61 bits per heavy atom. The highest BCUT2D eigenvalue weighted by Crippen LogP contribution is 2.21. The van der Waals surface area contributed by atoms with Crippen LogP contribution in [-0.2, 0) is 4.79 Å². The van der Waals surface area contributed by atoms with E-state index in [0.29, 0.717) is 22.1 Å². The molecule has 0 unspecified atom stereocenters. The van der Waals surface area contributed by atoms with Crippen LogP contribution in [-0.4, -0.2) is 26.6 Å². The van der Waals surface area contributed by atoms with Gasteiger partial charge >= 0.3 is 0 Å². The first-order valence-electron chi connectivity index (χ1n) is 7.10. The van der Waals surface area contributed by atoms with Crippen LogP contribution in [0.4, 0.5) is 0 Å². The number of carbonyl (C=O) groups excluding carboxylic acids is 2. The molecule has 0 saturated carbocycles. The van der Waals surface area contributed by atoms with Gasteiger partial charge in [-0.3, -0.25) is 4.79 Å². The first-order valence-corrected chi connectivity index (χ1v) is 7.92. The molecular formula is C16H20N4O2S. The van der Waals surface area contributed by atoms with E-state index in [1.807, 2.05) is 26.0 Å². The van der Waals surface area contributed by atoms with Gasteiger partial charge in [-0.2, -0.15) is 0 Å². The van der Waals surface area contributed by atoms with Gasteiger partial charge in [0.1, 0.15) is 10.7 Å². The zero-order valence-corrected chi connectivity index (χ0v) is 14.3. The maximum absolute atomic E-state index is 10.9. The van der Waals surface area contributed by atoms with Crippen molar-refractivity contribution in [1.29, 1.82) is 0 Å². The van der Waals surface area contributed by atoms with Crippen molar-refractivity contribution in [2.45, 2.75) is 33.6 Å². The number of thiazole rings is 1. The van der Waals surface area contributed by atoms with Gasteiger partial charge in [-0.25, -0.2) is 15.0 Å². The second-order valence-corrected chi connectivity index (χ2v) is 5.76. The number of aromatic nitrogens is 3. The zero-order chi connectivity index (χ0) is 17.2. The first-order chi connectivity index (χ1) is 10.9. The van der Waals surface area contributed by atoms with E-state index >= 15 is 0 Å². The van der Waals surface area contributed by atoms with E-state index in [0.717, 1.165) is 12.1 Å². The molecule has 2 rings (SSSR count). The van der Waals surface area contributed by atoms with E-state index in [4.69, 9.17) is 5.73 Å². The zero-order valence-electron chi connectivity index (χ0n) is 13.4. The Balaban J connectivity index is 0.000000284. The van der Waals surface area contributed by atoms with Crippen molar-refractivity contribution in [1.82, 2.24) is 15.0 Å². The van der Waals surface area contributed by atoms with Crippen molar-refractivity contribution < 1.29 is 9.59 Å². The van der Waals surface area contributed by atoms with Gasteiger partial charge in [0, 0.05) is 18.3 Å². The minimum atomic E-state index is -0.480. The normalized spacial score (nSPS) is 10.2. The molecule has 2 N–H and O–H groups in total. The summed E-state index contributed by atoms with van der Waals surface area (Å²) in [6.07, 6.45) is 8.64. The van der Waals surface area contributed by atoms with Crippen LogP contribution in [0.2, 0.25) is 0 Å². The molecule has 0 aromatic carbocycles. The summed E-state index contributed by atoms with van der Waals surface area (Å²) in [5.41, 5.74) is 5.98. The largest absolute Gasteiger partial charge is 0.365 e. The SMILES string of the molecule is C/C=C\CCC(C)=O.Cc1ccnc(-c2ncc(C(N)=O)s2)n1. The standard InChI is InChI=1S/C9H8N4OS.C7H12O/c1-5-2-3-11-8(13-5)9-12-4-6(15-9)7(10)14;1-3-4-5-6-7(2)8/h2-4H,1H3,(H2,10,14);3-4H,5-6H2,1-2H3/b;4-3-. The van der Waals surface area contributed by atoms with Crippen LogP contribution in [0, 0.1) is 6.92 Å². The highest BCUT2D eigenvalue weighted by atomic mass is 32.1. The number of carbonyl (C=O) groups is 2. The average Bonchev–Trinajstić information content (AvgIpc) is 2.98. The lowest BCUT2D eigenvalue weighted by Crippen LogP contribution is -2.08. The summed E-state index contributed by atoms with van der Waals surface area (Å²) in [5.74, 6) is 0.307. The molecule has 0 aliphatic rings. The third kappa shape index (κ3) is 6.92. The van der Waals surface area contributed by atoms with Crippen molar-refractivity contribution in [2.75, 3.05) is 0 Å². The maximum atomic E-state index is 10.9. The van der Waals surface area contributed by atoms with Gasteiger partial charge in [0.2, 0.25) is 0 Å². The second kappa shape index (κ2) is 9.58. The van der Waals surface area contributed by atoms with Crippen LogP contribution in [0.5, 0.6) is 0 Å². The fourth-order valence-electron chi connectivity index (χ4n) is 1.50. The molecule has 0 atom stereocenters. The molecular weight excluding hydrogens is 312 g/mol. The Labute approximate surface area is 139 Å². The van der Waals surface area contributed by atoms with Crippen LogP contribution in [0.1, 0.15) is 42.1 Å². The Morgan fingerprint density at radius 1 is 1.35 bits per heavy atom. The van der Waals surface area contributed by atoms with Gasteiger partial charge < -0.3 is 10.5 Å². The smallest absolute Gasteiger partial charge is 0.260 e. The van der Waals surface area contributed by atoms with E-state index < -0.39 is 5.91 Å². The Hall–Kier alpha value is -2.41. The molecule has 2 aromatic heterocycles. The van der Waals surface area contributed by atoms with Crippen molar-refractivity contribution in [3.63, 3.8) is 0 Å². The summed E-state index contributed by atoms with van der Waals surface area (Å²) in [6.45, 7) is 5.44. The number of rotatable bonds is 5. The fourth-order valence-corrected chi connectivity index (χ4v) is 2.21. The number of amides is 1. The number of allylic oxidation sites excluding steroid dienone is 2. The highest BCUT2D eigenvalue weighted by Gasteiger charge is 2.10. The number of nitrogens with two attached hydrogens (primary N) is 1. The molecule has 2 heterocycles. The van der Waals surface area contributed by atoms with E-state index in [-0.39, 0.29) is 5.78 Å². The van der Waals surface area contributed by atoms with Gasteiger partial charge in [-0.05, 0) is 33.3 Å². The number of Topliss-reactive ketones (excluding diaryl/α,β-unsaturated/α-hetero) is 1. The molecule has 0 saturated heterocycles. The van der Waals surface area contributed by atoms with Gasteiger partial charge in [-0.1, -0.05) is 12.2 Å². The highest BCUT2D eigenvalue weighted by molar-refractivity contribution is 7.16. The number of primary amides is 1. The summed E-state index contributed by atoms with van der Waals surface area (Å²) in [7, 11) is 0. The Kier molecular flexibility index (Phi) is 7.76. The van der Waals surface area contributed by atoms with Gasteiger partial charge in [0.15, 0.2) is 10.8 Å². The lowest BCUT2D eigenvalue weighted by molar-refractivity contribution is -0.116. The van der Waals surface area contributed by atoms with Crippen molar-refractivity contribution in [3.8, 4) is 10.8 Å². The predicted octanol–water partition coefficient (Wildman–Crippen LogP) is 2.94. The molecule has 7 heteroatoms. The van der Waals surface area contributed by atoms with Crippen molar-refractivity contribution in [2.24, 2.45) is 5.73 Å². The topological polar surface area (TPSA) is 98.8 Å². The summed E-state index contributed by atoms with van der Waals surface area (Å²) < 4.78 is 0. The first kappa shape index (κ1) is 18.6. The molecule has 6 nitrogen and oxygen atoms in total. The maximum Gasteiger partial charge on any atom is 0.260 e. The quantitative estimate of drug-likeness (QED) is 0.849. The van der Waals surface area contributed by atoms with Gasteiger partial charge in [-0.15, -0.1) is 11.3 Å². The number of hydrogen-bond acceptors (Lipinski definition) is 6. The molecule has 0 fully saturated rings. The van der Waals surface area contributed by atoms with Crippen LogP contribution in [0.3, 0.4) is 0 Å². The Bertz CT molecular complexity index is 695. The predicted molar refractivity (Wildman–Crippen MR) is 91.1 cm³/mol. The molecule has 1 amide bonds. The Morgan fingerprint density at radius 2 is 2.09 bits per heavy atom. The fraction of sp³-hybridized carbons (Fsp3) is 0.312. The second-order valence-electron chi connectivity index (χ2n) is 4.73. The van der Waals surface area contributed by atoms with Crippen molar-refractivity contribution >= 4 is 23.0 Å². The van der Waals surface area contributed by atoms with E-state index in [1.54, 1.807) is 19.2 Å². The number of ketones is 1. The number of aryl methyl sites for hydroxylation is 1. The molecule has 0 aliphatic carbocycles. The average molecular weight is 332 g/mol. The summed E-state index contributed by atoms with van der Waals surface area (Å²) in [4.78, 5) is 33.9. The third-order valence-electron chi connectivity index (χ3n) is 2.63. The molecule has 0 spiro atoms. The lowest BCUT2D eigenvalue weighted by Gasteiger charge is -1.94. The van der Waals surface area contributed by atoms with E-state index in [9.17, 15) is 9.59 Å². The minimum Gasteiger partial charge on any atom is -0.365 e. The van der Waals surface area contributed by atoms with Crippen LogP contribution >= 0.6 is 11.3 Å². The van der Waals surface area contributed by atoms with E-state index in [1.165, 1.54) is 17.5 Å². The number of hydrogen-bond donors (Lipinski definition) is 1. The summed E-state index contributed by atoms with van der Waals surface area (Å²) in [5, 5.41) is 0.604. The number of nitrogens with zero attached hydrogens (tertiary/aromatic N) is 3. The van der Waals surface area contributed by atoms with Crippen molar-refractivity contribution in [3.05, 3.63) is 41.2 Å². The van der Waals surface area contributed by atoms with E-state index in [2.05, 4.69) is 15.0 Å². The minimum absolute atomic E-state index is 0.267. The van der Waals surface area contributed by atoms with Crippen LogP contribution < -0.4 is 5.73 Å². The molecule has 122 valence electrons.